The van der Waals surface area contributed by atoms with Crippen LogP contribution in [0, 0.1) is 11.8 Å². The predicted molar refractivity (Wildman–Crippen MR) is 62.4 cm³/mol. The topological polar surface area (TPSA) is 32.3 Å². The second-order valence-electron chi connectivity index (χ2n) is 4.84. The Hall–Kier alpha value is -0.570. The summed E-state index contributed by atoms with van der Waals surface area (Å²) in [6.07, 6.45) is 1.27. The van der Waals surface area contributed by atoms with Crippen LogP contribution in [0.5, 0.6) is 0 Å². The first-order valence-corrected chi connectivity index (χ1v) is 6.09. The summed E-state index contributed by atoms with van der Waals surface area (Å²) < 4.78 is 0. The number of likely N-dealkylation sites (N-methyl/N-ethyl adjacent to an activating group) is 1. The quantitative estimate of drug-likeness (QED) is 0.771. The molecule has 3 nitrogen and oxygen atoms in total. The molecule has 0 bridgehead atoms. The Labute approximate surface area is 93.2 Å². The van der Waals surface area contributed by atoms with Crippen molar-refractivity contribution in [2.45, 2.75) is 53.2 Å². The number of hydrogen-bond acceptors (Lipinski definition) is 2. The molecule has 0 aliphatic carbocycles. The van der Waals surface area contributed by atoms with Crippen LogP contribution in [0.15, 0.2) is 0 Å². The number of rotatable bonds is 4. The Morgan fingerprint density at radius 1 is 1.33 bits per heavy atom. The lowest BCUT2D eigenvalue weighted by molar-refractivity contribution is -0.131. The van der Waals surface area contributed by atoms with Crippen LogP contribution < -0.4 is 5.32 Å². The van der Waals surface area contributed by atoms with Crippen molar-refractivity contribution >= 4 is 5.91 Å². The van der Waals surface area contributed by atoms with Crippen molar-refractivity contribution < 1.29 is 4.79 Å². The number of nitrogens with zero attached hydrogens (tertiary/aromatic N) is 1. The van der Waals surface area contributed by atoms with Crippen molar-refractivity contribution in [2.75, 3.05) is 6.54 Å². The third-order valence-corrected chi connectivity index (χ3v) is 3.42. The summed E-state index contributed by atoms with van der Waals surface area (Å²) in [5.41, 5.74) is 0. The van der Waals surface area contributed by atoms with Gasteiger partial charge in [0.2, 0.25) is 5.91 Å². The van der Waals surface area contributed by atoms with Gasteiger partial charge in [-0.05, 0) is 18.8 Å². The summed E-state index contributed by atoms with van der Waals surface area (Å²) in [4.78, 5) is 14.1. The third-order valence-electron chi connectivity index (χ3n) is 3.42. The van der Waals surface area contributed by atoms with E-state index in [1.54, 1.807) is 0 Å². The summed E-state index contributed by atoms with van der Waals surface area (Å²) in [7, 11) is 0. The molecule has 1 rings (SSSR count). The highest BCUT2D eigenvalue weighted by Gasteiger charge is 2.41. The van der Waals surface area contributed by atoms with E-state index >= 15 is 0 Å². The molecular weight excluding hydrogens is 188 g/mol. The van der Waals surface area contributed by atoms with E-state index in [0.29, 0.717) is 11.8 Å². The molecular formula is C12H24N2O. The van der Waals surface area contributed by atoms with Crippen molar-refractivity contribution in [3.8, 4) is 0 Å². The number of hydrogen-bond donors (Lipinski definition) is 1. The van der Waals surface area contributed by atoms with Crippen LogP contribution in [0.2, 0.25) is 0 Å². The lowest BCUT2D eigenvalue weighted by Crippen LogP contribution is -2.41. The average molecular weight is 212 g/mol. The minimum Gasteiger partial charge on any atom is -0.326 e. The van der Waals surface area contributed by atoms with Gasteiger partial charge in [0.05, 0.1) is 12.2 Å². The van der Waals surface area contributed by atoms with Gasteiger partial charge in [-0.25, -0.2) is 0 Å². The van der Waals surface area contributed by atoms with Gasteiger partial charge in [0.15, 0.2) is 0 Å². The van der Waals surface area contributed by atoms with E-state index in [2.05, 4.69) is 33.0 Å². The van der Waals surface area contributed by atoms with Gasteiger partial charge in [-0.1, -0.05) is 34.1 Å². The van der Waals surface area contributed by atoms with Crippen molar-refractivity contribution in [3.63, 3.8) is 0 Å². The number of carbonyl (C=O) groups is 1. The number of amides is 1. The van der Waals surface area contributed by atoms with Crippen molar-refractivity contribution in [1.82, 2.24) is 10.2 Å². The van der Waals surface area contributed by atoms with Gasteiger partial charge in [-0.3, -0.25) is 10.1 Å². The molecule has 1 amide bonds. The molecule has 1 aliphatic heterocycles. The molecule has 3 unspecified atom stereocenters. The molecule has 88 valence electrons. The Morgan fingerprint density at radius 2 is 1.93 bits per heavy atom. The molecule has 1 saturated heterocycles. The summed E-state index contributed by atoms with van der Waals surface area (Å²) in [6, 6.07) is 0.0300. The first kappa shape index (κ1) is 12.5. The monoisotopic (exact) mass is 212 g/mol. The van der Waals surface area contributed by atoms with E-state index in [4.69, 9.17) is 0 Å². The molecule has 3 atom stereocenters. The van der Waals surface area contributed by atoms with Gasteiger partial charge in [0.1, 0.15) is 0 Å². The van der Waals surface area contributed by atoms with Crippen LogP contribution in [0.1, 0.15) is 41.0 Å². The zero-order valence-corrected chi connectivity index (χ0v) is 10.6. The SMILES string of the molecule is CCC(C)C1NC(C(C)C)N(CC)C1=O. The third kappa shape index (κ3) is 2.33. The van der Waals surface area contributed by atoms with Crippen LogP contribution in [0.4, 0.5) is 0 Å². The minimum absolute atomic E-state index is 0.0300. The molecule has 0 spiro atoms. The molecule has 0 saturated carbocycles. The second-order valence-corrected chi connectivity index (χ2v) is 4.84. The molecule has 1 heterocycles. The van der Waals surface area contributed by atoms with Crippen LogP contribution in [0.25, 0.3) is 0 Å². The molecule has 0 aromatic heterocycles. The molecule has 0 aromatic carbocycles. The zero-order valence-electron chi connectivity index (χ0n) is 10.6. The van der Waals surface area contributed by atoms with Crippen LogP contribution >= 0.6 is 0 Å². The summed E-state index contributed by atoms with van der Waals surface area (Å²) in [5, 5.41) is 3.47. The predicted octanol–water partition coefficient (Wildman–Crippen LogP) is 1.83. The highest BCUT2D eigenvalue weighted by atomic mass is 16.2. The summed E-state index contributed by atoms with van der Waals surface area (Å²) in [5.74, 6) is 1.18. The highest BCUT2D eigenvalue weighted by molar-refractivity contribution is 5.84. The summed E-state index contributed by atoms with van der Waals surface area (Å²) in [6.45, 7) is 11.5. The van der Waals surface area contributed by atoms with Crippen LogP contribution in [-0.2, 0) is 4.79 Å². The second kappa shape index (κ2) is 4.97. The minimum atomic E-state index is 0.0300. The van der Waals surface area contributed by atoms with Crippen molar-refractivity contribution in [3.05, 3.63) is 0 Å². The molecule has 0 radical (unpaired) electrons. The zero-order chi connectivity index (χ0) is 11.6. The van der Waals surface area contributed by atoms with Gasteiger partial charge in [0.25, 0.3) is 0 Å². The fourth-order valence-electron chi connectivity index (χ4n) is 2.21. The van der Waals surface area contributed by atoms with Crippen LogP contribution in [0.3, 0.4) is 0 Å². The Morgan fingerprint density at radius 3 is 2.27 bits per heavy atom. The normalized spacial score (nSPS) is 28.9. The number of nitrogens with one attached hydrogen (secondary N) is 1. The first-order chi connectivity index (χ1) is 7.02. The Bertz CT molecular complexity index is 228. The van der Waals surface area contributed by atoms with E-state index in [1.807, 2.05) is 11.8 Å². The number of carbonyl (C=O) groups excluding carboxylic acids is 1. The Balaban J connectivity index is 2.78. The van der Waals surface area contributed by atoms with E-state index in [9.17, 15) is 4.79 Å². The maximum atomic E-state index is 12.1. The van der Waals surface area contributed by atoms with E-state index in [-0.39, 0.29) is 18.1 Å². The van der Waals surface area contributed by atoms with E-state index < -0.39 is 0 Å². The summed E-state index contributed by atoms with van der Waals surface area (Å²) >= 11 is 0. The maximum Gasteiger partial charge on any atom is 0.241 e. The molecule has 1 fully saturated rings. The van der Waals surface area contributed by atoms with Crippen molar-refractivity contribution in [2.24, 2.45) is 11.8 Å². The van der Waals surface area contributed by atoms with Crippen molar-refractivity contribution in [1.29, 1.82) is 0 Å². The van der Waals surface area contributed by atoms with Gasteiger partial charge in [-0.2, -0.15) is 0 Å². The molecule has 1 aliphatic rings. The maximum absolute atomic E-state index is 12.1. The molecule has 3 heteroatoms. The largest absolute Gasteiger partial charge is 0.326 e. The molecule has 15 heavy (non-hydrogen) atoms. The fraction of sp³-hybridized carbons (Fsp3) is 0.917. The smallest absolute Gasteiger partial charge is 0.241 e. The van der Waals surface area contributed by atoms with Gasteiger partial charge >= 0.3 is 0 Å². The lowest BCUT2D eigenvalue weighted by atomic mass is 9.99. The average Bonchev–Trinajstić information content (AvgIpc) is 2.54. The fourth-order valence-corrected chi connectivity index (χ4v) is 2.21. The Kier molecular flexibility index (Phi) is 4.14. The molecule has 0 aromatic rings. The lowest BCUT2D eigenvalue weighted by Gasteiger charge is -2.25. The van der Waals surface area contributed by atoms with Crippen LogP contribution in [-0.4, -0.2) is 29.6 Å². The van der Waals surface area contributed by atoms with E-state index in [0.717, 1.165) is 13.0 Å². The first-order valence-electron chi connectivity index (χ1n) is 6.09. The standard InChI is InChI=1S/C12H24N2O/c1-6-9(5)10-12(15)14(7-2)11(13-10)8(3)4/h8-11,13H,6-7H2,1-5H3. The van der Waals surface area contributed by atoms with E-state index in [1.165, 1.54) is 0 Å². The molecule has 1 N–H and O–H groups in total. The van der Waals surface area contributed by atoms with Gasteiger partial charge in [-0.15, -0.1) is 0 Å². The van der Waals surface area contributed by atoms with Gasteiger partial charge < -0.3 is 4.90 Å². The highest BCUT2D eigenvalue weighted by Crippen LogP contribution is 2.22. The van der Waals surface area contributed by atoms with Gasteiger partial charge in [0, 0.05) is 6.54 Å².